The van der Waals surface area contributed by atoms with E-state index in [0.717, 1.165) is 12.4 Å². The van der Waals surface area contributed by atoms with Crippen molar-refractivity contribution in [3.8, 4) is 12.1 Å². The van der Waals surface area contributed by atoms with Crippen LogP contribution in [0.5, 0.6) is 0 Å². The molecule has 0 fully saturated rings. The van der Waals surface area contributed by atoms with Crippen molar-refractivity contribution < 1.29 is 9.90 Å². The number of hydrogen-bond acceptors (Lipinski definition) is 4. The molecule has 13 heavy (non-hydrogen) atoms. The van der Waals surface area contributed by atoms with Gasteiger partial charge in [0.05, 0.1) is 16.7 Å². The van der Waals surface area contributed by atoms with E-state index >= 15 is 0 Å². The molecule has 1 aromatic heterocycles. The van der Waals surface area contributed by atoms with Gasteiger partial charge in [0.2, 0.25) is 0 Å². The van der Waals surface area contributed by atoms with Gasteiger partial charge in [-0.3, -0.25) is 4.98 Å². The molecule has 1 aromatic rings. The van der Waals surface area contributed by atoms with Crippen LogP contribution in [-0.2, 0) is 0 Å². The van der Waals surface area contributed by atoms with Gasteiger partial charge < -0.3 is 5.11 Å². The molecule has 1 N–H and O–H groups in total. The average molecular weight is 173 g/mol. The molecule has 0 radical (unpaired) electrons. The van der Waals surface area contributed by atoms with Gasteiger partial charge in [0.1, 0.15) is 12.1 Å². The lowest BCUT2D eigenvalue weighted by Crippen LogP contribution is -2.03. The third-order valence-electron chi connectivity index (χ3n) is 1.41. The summed E-state index contributed by atoms with van der Waals surface area (Å²) in [6, 6.07) is 3.35. The summed E-state index contributed by atoms with van der Waals surface area (Å²) in [5, 5.41) is 25.7. The van der Waals surface area contributed by atoms with E-state index in [9.17, 15) is 4.79 Å². The molecule has 0 saturated heterocycles. The molecule has 5 nitrogen and oxygen atoms in total. The first-order chi connectivity index (χ1) is 6.20. The van der Waals surface area contributed by atoms with Crippen molar-refractivity contribution in [1.82, 2.24) is 4.98 Å². The Bertz CT molecular complexity index is 440. The third-order valence-corrected chi connectivity index (χ3v) is 1.41. The first-order valence-corrected chi connectivity index (χ1v) is 3.22. The van der Waals surface area contributed by atoms with Crippen LogP contribution < -0.4 is 0 Å². The summed E-state index contributed by atoms with van der Waals surface area (Å²) >= 11 is 0. The van der Waals surface area contributed by atoms with Gasteiger partial charge in [0.25, 0.3) is 0 Å². The fourth-order valence-corrected chi connectivity index (χ4v) is 0.828. The van der Waals surface area contributed by atoms with Gasteiger partial charge >= 0.3 is 5.97 Å². The summed E-state index contributed by atoms with van der Waals surface area (Å²) in [5.41, 5.74) is -0.422. The van der Waals surface area contributed by atoms with E-state index in [2.05, 4.69) is 4.98 Å². The van der Waals surface area contributed by atoms with Gasteiger partial charge in [-0.2, -0.15) is 10.5 Å². The second kappa shape index (κ2) is 3.33. The maximum atomic E-state index is 10.5. The Morgan fingerprint density at radius 1 is 1.38 bits per heavy atom. The number of carboxylic acid groups (broad SMARTS) is 1. The third kappa shape index (κ3) is 1.44. The molecule has 0 aliphatic heterocycles. The molecule has 0 aliphatic rings. The SMILES string of the molecule is N#Cc1cncc(C(=O)O)c1C#N. The predicted octanol–water partition coefficient (Wildman–Crippen LogP) is 0.523. The number of carboxylic acids is 1. The smallest absolute Gasteiger partial charge is 0.338 e. The van der Waals surface area contributed by atoms with E-state index in [-0.39, 0.29) is 16.7 Å². The van der Waals surface area contributed by atoms with E-state index in [1.165, 1.54) is 0 Å². The quantitative estimate of drug-likeness (QED) is 0.667. The predicted molar refractivity (Wildman–Crippen MR) is 40.6 cm³/mol. The van der Waals surface area contributed by atoms with E-state index in [4.69, 9.17) is 15.6 Å². The van der Waals surface area contributed by atoms with Crippen LogP contribution in [0.1, 0.15) is 21.5 Å². The first-order valence-electron chi connectivity index (χ1n) is 3.22. The standard InChI is InChI=1S/C8H3N3O2/c9-1-5-3-11-4-7(8(12)13)6(5)2-10/h3-4H,(H,12,13). The fourth-order valence-electron chi connectivity index (χ4n) is 0.828. The number of carbonyl (C=O) groups is 1. The van der Waals surface area contributed by atoms with Crippen LogP contribution >= 0.6 is 0 Å². The maximum absolute atomic E-state index is 10.5. The molecule has 1 heterocycles. The van der Waals surface area contributed by atoms with Crippen LogP contribution in [0, 0.1) is 22.7 Å². The summed E-state index contributed by atoms with van der Waals surface area (Å²) < 4.78 is 0. The Hall–Kier alpha value is -2.40. The van der Waals surface area contributed by atoms with Gasteiger partial charge in [0, 0.05) is 12.4 Å². The lowest BCUT2D eigenvalue weighted by molar-refractivity contribution is 0.0696. The Balaban J connectivity index is 3.49. The minimum atomic E-state index is -1.26. The van der Waals surface area contributed by atoms with Gasteiger partial charge in [-0.25, -0.2) is 4.79 Å². The Morgan fingerprint density at radius 2 is 2.08 bits per heavy atom. The molecule has 0 spiro atoms. The second-order valence-corrected chi connectivity index (χ2v) is 2.14. The molecule has 0 bridgehead atoms. The fraction of sp³-hybridized carbons (Fsp3) is 0. The number of rotatable bonds is 1. The molecule has 0 amide bonds. The van der Waals surface area contributed by atoms with Crippen molar-refractivity contribution in [2.24, 2.45) is 0 Å². The minimum Gasteiger partial charge on any atom is -0.478 e. The van der Waals surface area contributed by atoms with E-state index < -0.39 is 5.97 Å². The molecule has 5 heteroatoms. The Morgan fingerprint density at radius 3 is 2.54 bits per heavy atom. The zero-order valence-electron chi connectivity index (χ0n) is 6.35. The number of nitrogens with zero attached hydrogens (tertiary/aromatic N) is 3. The highest BCUT2D eigenvalue weighted by Gasteiger charge is 2.13. The summed E-state index contributed by atoms with van der Waals surface area (Å²) in [5.74, 6) is -1.26. The number of aromatic nitrogens is 1. The molecule has 0 aliphatic carbocycles. The van der Waals surface area contributed by atoms with Crippen LogP contribution in [0.2, 0.25) is 0 Å². The van der Waals surface area contributed by atoms with Gasteiger partial charge in [-0.15, -0.1) is 0 Å². The van der Waals surface area contributed by atoms with Crippen LogP contribution in [0.25, 0.3) is 0 Å². The number of pyridine rings is 1. The van der Waals surface area contributed by atoms with Crippen molar-refractivity contribution >= 4 is 5.97 Å². The molecular weight excluding hydrogens is 170 g/mol. The molecule has 1 rings (SSSR count). The maximum Gasteiger partial charge on any atom is 0.338 e. The van der Waals surface area contributed by atoms with Crippen LogP contribution in [0.4, 0.5) is 0 Å². The molecule has 62 valence electrons. The largest absolute Gasteiger partial charge is 0.478 e. The zero-order valence-corrected chi connectivity index (χ0v) is 6.35. The lowest BCUT2D eigenvalue weighted by Gasteiger charge is -1.97. The van der Waals surface area contributed by atoms with Gasteiger partial charge in [-0.1, -0.05) is 0 Å². The summed E-state index contributed by atoms with van der Waals surface area (Å²) in [6.45, 7) is 0. The molecule has 0 aromatic carbocycles. The minimum absolute atomic E-state index is 0.0256. The number of hydrogen-bond donors (Lipinski definition) is 1. The molecule has 0 unspecified atom stereocenters. The van der Waals surface area contributed by atoms with Crippen molar-refractivity contribution in [3.63, 3.8) is 0 Å². The summed E-state index contributed by atoms with van der Waals surface area (Å²) in [7, 11) is 0. The van der Waals surface area contributed by atoms with Crippen molar-refractivity contribution in [2.45, 2.75) is 0 Å². The van der Waals surface area contributed by atoms with E-state index in [1.807, 2.05) is 0 Å². The van der Waals surface area contributed by atoms with Crippen LogP contribution in [-0.4, -0.2) is 16.1 Å². The highest BCUT2D eigenvalue weighted by Crippen LogP contribution is 2.10. The number of aromatic carboxylic acids is 1. The second-order valence-electron chi connectivity index (χ2n) is 2.14. The monoisotopic (exact) mass is 173 g/mol. The van der Waals surface area contributed by atoms with E-state index in [0.29, 0.717) is 0 Å². The molecule has 0 saturated carbocycles. The molecular formula is C8H3N3O2. The van der Waals surface area contributed by atoms with Crippen LogP contribution in [0.15, 0.2) is 12.4 Å². The molecule has 0 atom stereocenters. The number of nitriles is 2. The summed E-state index contributed by atoms with van der Waals surface area (Å²) in [4.78, 5) is 14.1. The van der Waals surface area contributed by atoms with E-state index in [1.54, 1.807) is 12.1 Å². The average Bonchev–Trinajstić information content (AvgIpc) is 2.16. The Labute approximate surface area is 73.5 Å². The van der Waals surface area contributed by atoms with Gasteiger partial charge in [0.15, 0.2) is 0 Å². The zero-order chi connectivity index (χ0) is 9.84. The Kier molecular flexibility index (Phi) is 2.23. The first kappa shape index (κ1) is 8.69. The van der Waals surface area contributed by atoms with Crippen molar-refractivity contribution in [1.29, 1.82) is 10.5 Å². The highest BCUT2D eigenvalue weighted by atomic mass is 16.4. The summed E-state index contributed by atoms with van der Waals surface area (Å²) in [6.07, 6.45) is 2.20. The van der Waals surface area contributed by atoms with Crippen molar-refractivity contribution in [3.05, 3.63) is 29.1 Å². The normalized spacial score (nSPS) is 8.46. The lowest BCUT2D eigenvalue weighted by atomic mass is 10.1. The topological polar surface area (TPSA) is 97.8 Å². The van der Waals surface area contributed by atoms with Crippen molar-refractivity contribution in [2.75, 3.05) is 0 Å². The van der Waals surface area contributed by atoms with Gasteiger partial charge in [-0.05, 0) is 0 Å². The highest BCUT2D eigenvalue weighted by molar-refractivity contribution is 5.90. The van der Waals surface area contributed by atoms with Crippen LogP contribution in [0.3, 0.4) is 0 Å².